The van der Waals surface area contributed by atoms with E-state index in [9.17, 15) is 4.79 Å². The number of aromatic amines is 1. The van der Waals surface area contributed by atoms with Crippen LogP contribution in [0.1, 0.15) is 10.5 Å². The quantitative estimate of drug-likeness (QED) is 0.812. The summed E-state index contributed by atoms with van der Waals surface area (Å²) in [4.78, 5) is 14.6. The Morgan fingerprint density at radius 3 is 2.21 bits per heavy atom. The van der Waals surface area contributed by atoms with E-state index in [-0.39, 0.29) is 0 Å². The summed E-state index contributed by atoms with van der Waals surface area (Å²) in [6.45, 7) is 0. The Labute approximate surface area is 126 Å². The number of ether oxygens (including phenoxy) is 3. The molecular formula is C12H11Br2NO4. The minimum atomic E-state index is -0.437. The van der Waals surface area contributed by atoms with Crippen molar-refractivity contribution in [2.45, 2.75) is 0 Å². The van der Waals surface area contributed by atoms with Crippen LogP contribution in [0.4, 0.5) is 0 Å². The molecule has 0 aliphatic rings. The number of rotatable bonds is 3. The van der Waals surface area contributed by atoms with Crippen LogP contribution in [0.15, 0.2) is 15.0 Å². The minimum Gasteiger partial charge on any atom is -0.492 e. The zero-order chi connectivity index (χ0) is 14.2. The van der Waals surface area contributed by atoms with Gasteiger partial charge in [-0.15, -0.1) is 0 Å². The fourth-order valence-corrected chi connectivity index (χ4v) is 3.13. The zero-order valence-corrected chi connectivity index (χ0v) is 13.6. The largest absolute Gasteiger partial charge is 0.492 e. The maximum Gasteiger partial charge on any atom is 0.354 e. The first-order valence-electron chi connectivity index (χ1n) is 5.25. The summed E-state index contributed by atoms with van der Waals surface area (Å²) in [7, 11) is 4.43. The molecule has 0 unspecified atom stereocenters. The maximum absolute atomic E-state index is 11.6. The fourth-order valence-electron chi connectivity index (χ4n) is 1.82. The molecule has 2 rings (SSSR count). The Hall–Kier alpha value is -1.21. The molecule has 0 saturated carbocycles. The van der Waals surface area contributed by atoms with Gasteiger partial charge in [0.2, 0.25) is 0 Å². The standard InChI is InChI=1S/C12H11Br2NO4/c1-17-10-7(13)5-4-6(12(16)19-3)15-9(5)8(14)11(10)18-2/h4,15H,1-3H3. The average Bonchev–Trinajstić information content (AvgIpc) is 2.87. The zero-order valence-electron chi connectivity index (χ0n) is 10.5. The first-order chi connectivity index (χ1) is 9.04. The predicted octanol–water partition coefficient (Wildman–Crippen LogP) is 3.50. The first kappa shape index (κ1) is 14.2. The Kier molecular flexibility index (Phi) is 4.05. The average molecular weight is 393 g/mol. The minimum absolute atomic E-state index is 0.356. The molecule has 0 aliphatic heterocycles. The Morgan fingerprint density at radius 2 is 1.68 bits per heavy atom. The van der Waals surface area contributed by atoms with Gasteiger partial charge in [-0.05, 0) is 37.9 Å². The number of halogens is 2. The molecule has 0 amide bonds. The number of methoxy groups -OCH3 is 3. The number of carbonyl (C=O) groups excluding carboxylic acids is 1. The first-order valence-corrected chi connectivity index (χ1v) is 6.83. The normalized spacial score (nSPS) is 10.6. The van der Waals surface area contributed by atoms with E-state index in [0.717, 1.165) is 10.9 Å². The van der Waals surface area contributed by atoms with E-state index >= 15 is 0 Å². The Balaban J connectivity index is 2.81. The molecule has 0 radical (unpaired) electrons. The van der Waals surface area contributed by atoms with E-state index in [0.29, 0.717) is 26.1 Å². The summed E-state index contributed by atoms with van der Waals surface area (Å²) in [6, 6.07) is 1.69. The number of fused-ring (bicyclic) bond motifs is 1. The van der Waals surface area contributed by atoms with Crippen LogP contribution in [0.3, 0.4) is 0 Å². The van der Waals surface area contributed by atoms with Gasteiger partial charge in [0.25, 0.3) is 0 Å². The highest BCUT2D eigenvalue weighted by Crippen LogP contribution is 2.47. The van der Waals surface area contributed by atoms with E-state index in [4.69, 9.17) is 14.2 Å². The van der Waals surface area contributed by atoms with E-state index in [2.05, 4.69) is 36.8 Å². The van der Waals surface area contributed by atoms with Crippen molar-refractivity contribution in [1.82, 2.24) is 4.98 Å². The number of benzene rings is 1. The number of aromatic nitrogens is 1. The summed E-state index contributed by atoms with van der Waals surface area (Å²) in [5, 5.41) is 0.796. The van der Waals surface area contributed by atoms with Crippen molar-refractivity contribution in [3.05, 3.63) is 20.7 Å². The van der Waals surface area contributed by atoms with Gasteiger partial charge in [-0.2, -0.15) is 0 Å². The van der Waals surface area contributed by atoms with Gasteiger partial charge in [-0.1, -0.05) is 0 Å². The van der Waals surface area contributed by atoms with Gasteiger partial charge >= 0.3 is 5.97 Å². The van der Waals surface area contributed by atoms with Crippen molar-refractivity contribution in [2.24, 2.45) is 0 Å². The van der Waals surface area contributed by atoms with E-state index in [1.807, 2.05) is 0 Å². The number of nitrogens with one attached hydrogen (secondary N) is 1. The van der Waals surface area contributed by atoms with Crippen LogP contribution in [0.2, 0.25) is 0 Å². The SMILES string of the molecule is COC(=O)c1cc2c(Br)c(OC)c(OC)c(Br)c2[nH]1. The molecule has 0 atom stereocenters. The molecule has 7 heteroatoms. The lowest BCUT2D eigenvalue weighted by Gasteiger charge is -2.12. The van der Waals surface area contributed by atoms with Gasteiger partial charge < -0.3 is 19.2 Å². The lowest BCUT2D eigenvalue weighted by molar-refractivity contribution is 0.0595. The summed E-state index contributed by atoms with van der Waals surface area (Å²) in [5.74, 6) is 0.658. The topological polar surface area (TPSA) is 60.6 Å². The summed E-state index contributed by atoms with van der Waals surface area (Å²) >= 11 is 6.90. The fraction of sp³-hybridized carbons (Fsp3) is 0.250. The molecule has 102 valence electrons. The van der Waals surface area contributed by atoms with Gasteiger partial charge in [0.1, 0.15) is 5.69 Å². The Morgan fingerprint density at radius 1 is 1.11 bits per heavy atom. The molecule has 0 bridgehead atoms. The van der Waals surface area contributed by atoms with Crippen LogP contribution in [-0.2, 0) is 4.74 Å². The number of hydrogen-bond acceptors (Lipinski definition) is 4. The molecule has 5 nitrogen and oxygen atoms in total. The third-order valence-electron chi connectivity index (χ3n) is 2.69. The highest BCUT2D eigenvalue weighted by atomic mass is 79.9. The molecule has 2 aromatic rings. The number of carbonyl (C=O) groups is 1. The van der Waals surface area contributed by atoms with Crippen molar-refractivity contribution in [3.8, 4) is 11.5 Å². The molecule has 1 heterocycles. The van der Waals surface area contributed by atoms with Crippen molar-refractivity contribution >= 4 is 48.7 Å². The van der Waals surface area contributed by atoms with Crippen LogP contribution in [0.25, 0.3) is 10.9 Å². The molecule has 0 saturated heterocycles. The second-order valence-electron chi connectivity index (χ2n) is 3.66. The lowest BCUT2D eigenvalue weighted by atomic mass is 10.2. The van der Waals surface area contributed by atoms with Gasteiger partial charge in [0, 0.05) is 5.39 Å². The second-order valence-corrected chi connectivity index (χ2v) is 5.24. The van der Waals surface area contributed by atoms with Crippen molar-refractivity contribution < 1.29 is 19.0 Å². The van der Waals surface area contributed by atoms with E-state index in [1.165, 1.54) is 7.11 Å². The van der Waals surface area contributed by atoms with Crippen LogP contribution < -0.4 is 9.47 Å². The highest BCUT2D eigenvalue weighted by Gasteiger charge is 2.22. The number of hydrogen-bond donors (Lipinski definition) is 1. The van der Waals surface area contributed by atoms with Gasteiger partial charge in [-0.3, -0.25) is 0 Å². The number of H-pyrrole nitrogens is 1. The molecule has 1 N–H and O–H groups in total. The predicted molar refractivity (Wildman–Crippen MR) is 78.1 cm³/mol. The van der Waals surface area contributed by atoms with E-state index < -0.39 is 5.97 Å². The van der Waals surface area contributed by atoms with Crippen molar-refractivity contribution in [3.63, 3.8) is 0 Å². The molecule has 0 spiro atoms. The third-order valence-corrected chi connectivity index (χ3v) is 4.24. The molecular weight excluding hydrogens is 382 g/mol. The lowest BCUT2D eigenvalue weighted by Crippen LogP contribution is -2.00. The van der Waals surface area contributed by atoms with E-state index in [1.54, 1.807) is 20.3 Å². The van der Waals surface area contributed by atoms with Gasteiger partial charge in [0.15, 0.2) is 11.5 Å². The molecule has 1 aromatic carbocycles. The molecule has 19 heavy (non-hydrogen) atoms. The Bertz CT molecular complexity index is 604. The number of esters is 1. The summed E-state index contributed by atoms with van der Waals surface area (Å²) in [5.41, 5.74) is 1.08. The smallest absolute Gasteiger partial charge is 0.354 e. The monoisotopic (exact) mass is 391 g/mol. The summed E-state index contributed by atoms with van der Waals surface area (Å²) in [6.07, 6.45) is 0. The highest BCUT2D eigenvalue weighted by molar-refractivity contribution is 9.11. The van der Waals surface area contributed by atoms with Crippen LogP contribution in [0, 0.1) is 0 Å². The maximum atomic E-state index is 11.6. The van der Waals surface area contributed by atoms with Crippen LogP contribution >= 0.6 is 31.9 Å². The molecule has 1 aromatic heterocycles. The molecule has 0 fully saturated rings. The second kappa shape index (κ2) is 5.42. The van der Waals surface area contributed by atoms with Gasteiger partial charge in [0.05, 0.1) is 35.8 Å². The molecule has 0 aliphatic carbocycles. The van der Waals surface area contributed by atoms with Crippen LogP contribution in [-0.4, -0.2) is 32.3 Å². The van der Waals surface area contributed by atoms with Crippen LogP contribution in [0.5, 0.6) is 11.5 Å². The third kappa shape index (κ3) is 2.21. The van der Waals surface area contributed by atoms with Gasteiger partial charge in [-0.25, -0.2) is 4.79 Å². The summed E-state index contributed by atoms with van der Waals surface area (Å²) < 4.78 is 16.7. The van der Waals surface area contributed by atoms with Crippen molar-refractivity contribution in [1.29, 1.82) is 0 Å². The van der Waals surface area contributed by atoms with Crippen molar-refractivity contribution in [2.75, 3.05) is 21.3 Å².